The van der Waals surface area contributed by atoms with Gasteiger partial charge in [0.2, 0.25) is 12.7 Å². The summed E-state index contributed by atoms with van der Waals surface area (Å²) < 4.78 is 12.7. The Kier molecular flexibility index (Phi) is 7.69. The number of esters is 1. The van der Waals surface area contributed by atoms with Crippen LogP contribution in [0.4, 0.5) is 5.82 Å². The van der Waals surface area contributed by atoms with E-state index in [1.54, 1.807) is 6.07 Å². The van der Waals surface area contributed by atoms with E-state index < -0.39 is 5.97 Å². The molecule has 39 heavy (non-hydrogen) atoms. The third-order valence-corrected chi connectivity index (χ3v) is 6.51. The topological polar surface area (TPSA) is 136 Å². The number of hydrogen-bond donors (Lipinski definition) is 3. The minimum Gasteiger partial charge on any atom is -0.471 e. The van der Waals surface area contributed by atoms with Crippen molar-refractivity contribution in [3.05, 3.63) is 82.6 Å². The van der Waals surface area contributed by atoms with E-state index in [9.17, 15) is 4.79 Å². The lowest BCUT2D eigenvalue weighted by Crippen LogP contribution is -2.26. The van der Waals surface area contributed by atoms with Gasteiger partial charge in [0.1, 0.15) is 30.2 Å². The number of ether oxygens (including phenoxy) is 2. The molecule has 5 rings (SSSR count). The Balaban J connectivity index is 1.16. The number of anilines is 1. The number of aromatic nitrogens is 4. The van der Waals surface area contributed by atoms with Crippen LogP contribution in [0.25, 0.3) is 5.65 Å². The molecule has 0 spiro atoms. The first kappa shape index (κ1) is 26.1. The Bertz CT molecular complexity index is 1490. The minimum atomic E-state index is -0.455. The normalized spacial score (nSPS) is 12.8. The molecule has 11 nitrogen and oxygen atoms in total. The second kappa shape index (κ2) is 11.5. The Labute approximate surface area is 226 Å². The van der Waals surface area contributed by atoms with Gasteiger partial charge in [0.25, 0.3) is 0 Å². The number of nitrogens with one attached hydrogen (secondary N) is 3. The molecule has 0 atom stereocenters. The van der Waals surface area contributed by atoms with Gasteiger partial charge in [-0.3, -0.25) is 10.2 Å². The molecule has 3 heterocycles. The van der Waals surface area contributed by atoms with Crippen molar-refractivity contribution < 1.29 is 19.1 Å². The second-order valence-electron chi connectivity index (χ2n) is 9.58. The molecule has 1 fully saturated rings. The smallest absolute Gasteiger partial charge is 0.304 e. The lowest BCUT2D eigenvalue weighted by molar-refractivity contribution is -0.157. The van der Waals surface area contributed by atoms with Gasteiger partial charge in [0.15, 0.2) is 0 Å². The lowest BCUT2D eigenvalue weighted by Gasteiger charge is -2.15. The average Bonchev–Trinajstić information content (AvgIpc) is 3.68. The van der Waals surface area contributed by atoms with Crippen LogP contribution in [0.5, 0.6) is 5.88 Å². The van der Waals surface area contributed by atoms with E-state index >= 15 is 0 Å². The maximum atomic E-state index is 10.8. The molecule has 3 N–H and O–H groups in total. The predicted octanol–water partition coefficient (Wildman–Crippen LogP) is 4.18. The van der Waals surface area contributed by atoms with E-state index in [1.165, 1.54) is 31.7 Å². The Morgan fingerprint density at radius 2 is 1.92 bits per heavy atom. The van der Waals surface area contributed by atoms with E-state index in [1.807, 2.05) is 32.2 Å². The number of fused-ring (bicyclic) bond motifs is 1. The van der Waals surface area contributed by atoms with Gasteiger partial charge in [-0.2, -0.15) is 0 Å². The number of pyridine rings is 1. The van der Waals surface area contributed by atoms with Crippen molar-refractivity contribution in [1.29, 1.82) is 5.41 Å². The molecule has 0 amide bonds. The predicted molar refractivity (Wildman–Crippen MR) is 144 cm³/mol. The van der Waals surface area contributed by atoms with Gasteiger partial charge in [0, 0.05) is 37.5 Å². The molecular weight excluding hydrogens is 498 g/mol. The van der Waals surface area contributed by atoms with Crippen molar-refractivity contribution in [3.63, 3.8) is 0 Å². The summed E-state index contributed by atoms with van der Waals surface area (Å²) in [6, 6.07) is 9.77. The van der Waals surface area contributed by atoms with Crippen molar-refractivity contribution in [3.8, 4) is 5.88 Å². The first-order valence-electron chi connectivity index (χ1n) is 12.7. The second-order valence-corrected chi connectivity index (χ2v) is 9.58. The highest BCUT2D eigenvalue weighted by molar-refractivity contribution is 5.96. The molecule has 11 heteroatoms. The Morgan fingerprint density at radius 1 is 1.13 bits per heavy atom. The van der Waals surface area contributed by atoms with Gasteiger partial charge < -0.3 is 19.2 Å². The van der Waals surface area contributed by atoms with Gasteiger partial charge in [-0.1, -0.05) is 6.07 Å². The summed E-state index contributed by atoms with van der Waals surface area (Å²) in [5.74, 6) is 1.40. The zero-order valence-electron chi connectivity index (χ0n) is 22.2. The van der Waals surface area contributed by atoms with Crippen molar-refractivity contribution in [2.24, 2.45) is 0 Å². The molecule has 1 aliphatic rings. The molecule has 0 aliphatic heterocycles. The van der Waals surface area contributed by atoms with Crippen LogP contribution >= 0.6 is 0 Å². The SMILES string of the molecule is CC(=O)OCONC(=N)c1cc(C)c(CNc2cc(OCc3cn4cc(C5CC5)ccc4n3)ncn2)c(C)c1. The van der Waals surface area contributed by atoms with Crippen LogP contribution in [-0.4, -0.2) is 38.0 Å². The summed E-state index contributed by atoms with van der Waals surface area (Å²) in [5.41, 5.74) is 9.34. The van der Waals surface area contributed by atoms with Gasteiger partial charge >= 0.3 is 5.97 Å². The van der Waals surface area contributed by atoms with Crippen LogP contribution in [0.1, 0.15) is 59.2 Å². The molecular formula is C28H31N7O4. The zero-order valence-corrected chi connectivity index (χ0v) is 22.2. The Morgan fingerprint density at radius 3 is 2.67 bits per heavy atom. The first-order chi connectivity index (χ1) is 18.9. The van der Waals surface area contributed by atoms with Gasteiger partial charge in [-0.05, 0) is 73.1 Å². The highest BCUT2D eigenvalue weighted by Crippen LogP contribution is 2.39. The molecule has 0 saturated heterocycles. The van der Waals surface area contributed by atoms with Crippen LogP contribution < -0.4 is 15.5 Å². The van der Waals surface area contributed by atoms with Crippen LogP contribution in [-0.2, 0) is 27.5 Å². The molecule has 202 valence electrons. The van der Waals surface area contributed by atoms with E-state index in [2.05, 4.69) is 53.2 Å². The summed E-state index contributed by atoms with van der Waals surface area (Å²) in [5, 5.41) is 11.5. The van der Waals surface area contributed by atoms with E-state index in [0.29, 0.717) is 36.3 Å². The molecule has 1 aromatic carbocycles. The van der Waals surface area contributed by atoms with Crippen LogP contribution in [0.2, 0.25) is 0 Å². The van der Waals surface area contributed by atoms with Crippen molar-refractivity contribution in [2.45, 2.75) is 52.7 Å². The average molecular weight is 530 g/mol. The monoisotopic (exact) mass is 529 g/mol. The number of nitrogens with zero attached hydrogens (tertiary/aromatic N) is 4. The fraction of sp³-hybridized carbons (Fsp3) is 0.321. The van der Waals surface area contributed by atoms with Crippen molar-refractivity contribution in [1.82, 2.24) is 24.8 Å². The standard InChI is InChI=1S/C28H31N7O4/c1-17-8-22(28(29)34-39-16-38-19(3)36)9-18(2)24(17)11-30-25-10-27(32-15-31-25)37-14-23-13-35-12-21(20-4-5-20)6-7-26(35)33-23/h6-10,12-13,15,20H,4-5,11,14,16H2,1-3H3,(H2,29,34)(H,30,31,32). The summed E-state index contributed by atoms with van der Waals surface area (Å²) in [4.78, 5) is 29.0. The summed E-state index contributed by atoms with van der Waals surface area (Å²) in [6.07, 6.45) is 8.16. The quantitative estimate of drug-likeness (QED) is 0.0653. The highest BCUT2D eigenvalue weighted by atomic mass is 16.8. The van der Waals surface area contributed by atoms with Crippen LogP contribution in [0, 0.1) is 19.3 Å². The highest BCUT2D eigenvalue weighted by Gasteiger charge is 2.23. The van der Waals surface area contributed by atoms with E-state index in [0.717, 1.165) is 28.0 Å². The van der Waals surface area contributed by atoms with E-state index in [-0.39, 0.29) is 12.6 Å². The van der Waals surface area contributed by atoms with Gasteiger partial charge in [0.05, 0.1) is 5.69 Å². The molecule has 0 radical (unpaired) electrons. The van der Waals surface area contributed by atoms with E-state index in [4.69, 9.17) is 15.0 Å². The zero-order chi connectivity index (χ0) is 27.4. The number of benzene rings is 1. The van der Waals surface area contributed by atoms with Gasteiger partial charge in [-0.25, -0.2) is 25.3 Å². The maximum Gasteiger partial charge on any atom is 0.304 e. The van der Waals surface area contributed by atoms with Crippen molar-refractivity contribution >= 4 is 23.3 Å². The lowest BCUT2D eigenvalue weighted by atomic mass is 9.99. The van der Waals surface area contributed by atoms with Crippen LogP contribution in [0.3, 0.4) is 0 Å². The summed E-state index contributed by atoms with van der Waals surface area (Å²) in [6.45, 7) is 5.82. The number of hydroxylamine groups is 1. The number of carbonyl (C=O) groups excluding carboxylic acids is 1. The maximum absolute atomic E-state index is 10.8. The minimum absolute atomic E-state index is 0.0689. The van der Waals surface area contributed by atoms with Crippen LogP contribution in [0.15, 0.2) is 49.1 Å². The molecule has 1 aliphatic carbocycles. The van der Waals surface area contributed by atoms with Crippen molar-refractivity contribution in [2.75, 3.05) is 12.1 Å². The summed E-state index contributed by atoms with van der Waals surface area (Å²) in [7, 11) is 0. The number of hydrogen-bond acceptors (Lipinski definition) is 9. The molecule has 3 aromatic heterocycles. The third-order valence-electron chi connectivity index (χ3n) is 6.51. The first-order valence-corrected chi connectivity index (χ1v) is 12.7. The largest absolute Gasteiger partial charge is 0.471 e. The fourth-order valence-electron chi connectivity index (χ4n) is 4.32. The number of rotatable bonds is 11. The molecule has 0 unspecified atom stereocenters. The Hall–Kier alpha value is -4.51. The molecule has 4 aromatic rings. The third kappa shape index (κ3) is 6.68. The number of imidazole rings is 1. The fourth-order valence-corrected chi connectivity index (χ4v) is 4.32. The van der Waals surface area contributed by atoms with Gasteiger partial charge in [-0.15, -0.1) is 0 Å². The molecule has 1 saturated carbocycles. The number of aryl methyl sites for hydroxylation is 2. The number of carbonyl (C=O) groups is 1. The number of amidine groups is 1. The summed E-state index contributed by atoms with van der Waals surface area (Å²) >= 11 is 0. The molecule has 0 bridgehead atoms.